The molecule has 0 spiro atoms. The van der Waals surface area contributed by atoms with Crippen LogP contribution in [0.15, 0.2) is 23.8 Å². The van der Waals surface area contributed by atoms with Crippen molar-refractivity contribution >= 4 is 0 Å². The highest BCUT2D eigenvalue weighted by Gasteiger charge is 2.25. The van der Waals surface area contributed by atoms with E-state index in [4.69, 9.17) is 11.2 Å². The van der Waals surface area contributed by atoms with Gasteiger partial charge in [0.05, 0.1) is 6.10 Å². The number of rotatable bonds is 3. The fourth-order valence-electron chi connectivity index (χ4n) is 2.03. The lowest BCUT2D eigenvalue weighted by Gasteiger charge is -2.30. The van der Waals surface area contributed by atoms with Crippen LogP contribution in [0, 0.1) is 18.3 Å². The van der Waals surface area contributed by atoms with Gasteiger partial charge in [-0.15, -0.1) is 6.42 Å². The molecule has 0 amide bonds. The number of ether oxygens (including phenoxy) is 1. The Bertz CT molecular complexity index is 280. The fourth-order valence-corrected chi connectivity index (χ4v) is 2.03. The largest absolute Gasteiger partial charge is 0.361 e. The minimum Gasteiger partial charge on any atom is -0.361 e. The first-order chi connectivity index (χ1) is 6.70. The molecule has 1 rings (SSSR count). The average Bonchev–Trinajstić information content (AvgIpc) is 2.18. The Morgan fingerprint density at radius 3 is 3.00 bits per heavy atom. The topological polar surface area (TPSA) is 9.23 Å². The Labute approximate surface area is 86.8 Å². The highest BCUT2D eigenvalue weighted by molar-refractivity contribution is 5.28. The van der Waals surface area contributed by atoms with Gasteiger partial charge < -0.3 is 4.74 Å². The Morgan fingerprint density at radius 1 is 1.71 bits per heavy atom. The number of hydrogen-bond acceptors (Lipinski definition) is 1. The molecule has 14 heavy (non-hydrogen) atoms. The predicted molar refractivity (Wildman–Crippen MR) is 59.9 cm³/mol. The van der Waals surface area contributed by atoms with Crippen molar-refractivity contribution in [2.75, 3.05) is 6.61 Å². The molecule has 1 nitrogen and oxygen atoms in total. The van der Waals surface area contributed by atoms with E-state index in [1.54, 1.807) is 0 Å². The molecule has 0 saturated heterocycles. The molecule has 0 aliphatic heterocycles. The Kier molecular flexibility index (Phi) is 3.98. The van der Waals surface area contributed by atoms with Crippen molar-refractivity contribution in [1.82, 2.24) is 0 Å². The highest BCUT2D eigenvalue weighted by Crippen LogP contribution is 2.31. The molecule has 0 fully saturated rings. The van der Waals surface area contributed by atoms with Crippen LogP contribution in [0.1, 0.15) is 26.7 Å². The van der Waals surface area contributed by atoms with Gasteiger partial charge in [0.15, 0.2) is 0 Å². The molecule has 2 atom stereocenters. The Balaban J connectivity index is 2.78. The predicted octanol–water partition coefficient (Wildman–Crippen LogP) is 2.94. The summed E-state index contributed by atoms with van der Waals surface area (Å²) >= 11 is 0. The van der Waals surface area contributed by atoms with Crippen molar-refractivity contribution in [2.24, 2.45) is 5.92 Å². The van der Waals surface area contributed by atoms with E-state index in [0.29, 0.717) is 12.5 Å². The first-order valence-electron chi connectivity index (χ1n) is 5.07. The van der Waals surface area contributed by atoms with Crippen molar-refractivity contribution < 1.29 is 4.74 Å². The second-order valence-corrected chi connectivity index (χ2v) is 3.86. The van der Waals surface area contributed by atoms with E-state index in [9.17, 15) is 0 Å². The van der Waals surface area contributed by atoms with Crippen LogP contribution in [0.3, 0.4) is 0 Å². The van der Waals surface area contributed by atoms with Gasteiger partial charge in [-0.05, 0) is 36.8 Å². The van der Waals surface area contributed by atoms with Crippen molar-refractivity contribution in [1.29, 1.82) is 0 Å². The summed E-state index contributed by atoms with van der Waals surface area (Å²) in [6.45, 7) is 8.55. The lowest BCUT2D eigenvalue weighted by atomic mass is 9.83. The van der Waals surface area contributed by atoms with Gasteiger partial charge in [0.25, 0.3) is 0 Å². The van der Waals surface area contributed by atoms with Crippen LogP contribution in [0.25, 0.3) is 0 Å². The lowest BCUT2D eigenvalue weighted by molar-refractivity contribution is 0.0561. The monoisotopic (exact) mass is 190 g/mol. The van der Waals surface area contributed by atoms with E-state index in [0.717, 1.165) is 12.8 Å². The van der Waals surface area contributed by atoms with Crippen LogP contribution in [0.4, 0.5) is 0 Å². The maximum Gasteiger partial charge on any atom is 0.108 e. The van der Waals surface area contributed by atoms with Crippen LogP contribution in [-0.4, -0.2) is 12.7 Å². The number of terminal acetylenes is 1. The van der Waals surface area contributed by atoms with Crippen LogP contribution in [0.2, 0.25) is 0 Å². The molecule has 0 radical (unpaired) electrons. The van der Waals surface area contributed by atoms with E-state index in [1.165, 1.54) is 11.1 Å². The van der Waals surface area contributed by atoms with Crippen LogP contribution in [-0.2, 0) is 4.74 Å². The quantitative estimate of drug-likeness (QED) is 0.622. The van der Waals surface area contributed by atoms with E-state index in [-0.39, 0.29) is 6.10 Å². The molecular formula is C13H18O. The molecule has 0 aromatic rings. The maximum absolute atomic E-state index is 5.65. The molecule has 0 heterocycles. The highest BCUT2D eigenvalue weighted by atomic mass is 16.5. The zero-order chi connectivity index (χ0) is 10.6. The summed E-state index contributed by atoms with van der Waals surface area (Å²) in [6.07, 6.45) is 9.60. The van der Waals surface area contributed by atoms with Gasteiger partial charge in [-0.2, -0.15) is 0 Å². The first kappa shape index (κ1) is 11.1. The minimum absolute atomic E-state index is 0.188. The molecule has 1 heteroatoms. The molecule has 0 bridgehead atoms. The standard InChI is InChI=1S/C13H18O/c1-5-9-14-13-10(3)7-8-12(6-2)11(13)4/h1,6,10,13H,2,7-9H2,3-4H3/t10-,13+/m0/s1. The molecular weight excluding hydrogens is 172 g/mol. The second kappa shape index (κ2) is 5.02. The van der Waals surface area contributed by atoms with Crippen molar-refractivity contribution in [3.63, 3.8) is 0 Å². The zero-order valence-electron chi connectivity index (χ0n) is 9.05. The van der Waals surface area contributed by atoms with Gasteiger partial charge in [-0.1, -0.05) is 25.5 Å². The van der Waals surface area contributed by atoms with Crippen molar-refractivity contribution in [3.8, 4) is 12.3 Å². The molecule has 0 saturated carbocycles. The van der Waals surface area contributed by atoms with Crippen LogP contribution >= 0.6 is 0 Å². The average molecular weight is 190 g/mol. The molecule has 0 aromatic heterocycles. The van der Waals surface area contributed by atoms with E-state index in [1.807, 2.05) is 6.08 Å². The summed E-state index contributed by atoms with van der Waals surface area (Å²) in [4.78, 5) is 0. The van der Waals surface area contributed by atoms with Gasteiger partial charge >= 0.3 is 0 Å². The zero-order valence-corrected chi connectivity index (χ0v) is 9.05. The van der Waals surface area contributed by atoms with Crippen LogP contribution < -0.4 is 0 Å². The third-order valence-electron chi connectivity index (χ3n) is 2.91. The molecule has 0 unspecified atom stereocenters. The van der Waals surface area contributed by atoms with Gasteiger partial charge in [-0.3, -0.25) is 0 Å². The lowest BCUT2D eigenvalue weighted by Crippen LogP contribution is -2.27. The summed E-state index contributed by atoms with van der Waals surface area (Å²) in [6, 6.07) is 0. The van der Waals surface area contributed by atoms with E-state index in [2.05, 4.69) is 26.3 Å². The van der Waals surface area contributed by atoms with E-state index < -0.39 is 0 Å². The van der Waals surface area contributed by atoms with Crippen molar-refractivity contribution in [3.05, 3.63) is 23.8 Å². The first-order valence-corrected chi connectivity index (χ1v) is 5.07. The maximum atomic E-state index is 5.65. The van der Waals surface area contributed by atoms with Gasteiger partial charge in [-0.25, -0.2) is 0 Å². The Morgan fingerprint density at radius 2 is 2.43 bits per heavy atom. The van der Waals surface area contributed by atoms with Gasteiger partial charge in [0.1, 0.15) is 6.61 Å². The summed E-state index contributed by atoms with van der Waals surface area (Å²) in [7, 11) is 0. The third kappa shape index (κ3) is 2.27. The normalized spacial score (nSPS) is 27.2. The third-order valence-corrected chi connectivity index (χ3v) is 2.91. The molecule has 0 N–H and O–H groups in total. The van der Waals surface area contributed by atoms with Crippen molar-refractivity contribution in [2.45, 2.75) is 32.8 Å². The number of allylic oxidation sites excluding steroid dienone is 2. The molecule has 1 aliphatic carbocycles. The minimum atomic E-state index is 0.188. The smallest absolute Gasteiger partial charge is 0.108 e. The SMILES string of the molecule is C#CCO[C@H]1C(C)=C(C=C)CC[C@@H]1C. The van der Waals surface area contributed by atoms with Gasteiger partial charge in [0, 0.05) is 0 Å². The summed E-state index contributed by atoms with van der Waals surface area (Å²) in [5.41, 5.74) is 2.62. The van der Waals surface area contributed by atoms with E-state index >= 15 is 0 Å². The van der Waals surface area contributed by atoms with Gasteiger partial charge in [0.2, 0.25) is 0 Å². The summed E-state index contributed by atoms with van der Waals surface area (Å²) in [5, 5.41) is 0. The molecule has 0 aromatic carbocycles. The molecule has 1 aliphatic rings. The summed E-state index contributed by atoms with van der Waals surface area (Å²) in [5.74, 6) is 3.08. The number of hydrogen-bond donors (Lipinski definition) is 0. The Hall–Kier alpha value is -1.00. The van der Waals surface area contributed by atoms with Crippen LogP contribution in [0.5, 0.6) is 0 Å². The second-order valence-electron chi connectivity index (χ2n) is 3.86. The molecule has 76 valence electrons. The summed E-state index contributed by atoms with van der Waals surface area (Å²) < 4.78 is 5.65. The fraction of sp³-hybridized carbons (Fsp3) is 0.538.